The Morgan fingerprint density at radius 1 is 1.46 bits per heavy atom. The van der Waals surface area contributed by atoms with Gasteiger partial charge in [-0.3, -0.25) is 0 Å². The third kappa shape index (κ3) is 3.22. The second-order valence-corrected chi connectivity index (χ2v) is 3.48. The van der Waals surface area contributed by atoms with Crippen LogP contribution in [0.4, 0.5) is 4.79 Å². The molecule has 13 heavy (non-hydrogen) atoms. The van der Waals surface area contributed by atoms with Gasteiger partial charge >= 0.3 is 6.09 Å². The number of aliphatic hydroxyl groups is 1. The third-order valence-corrected chi connectivity index (χ3v) is 2.53. The summed E-state index contributed by atoms with van der Waals surface area (Å²) in [4.78, 5) is 10.8. The molecule has 4 heteroatoms. The summed E-state index contributed by atoms with van der Waals surface area (Å²) < 4.78 is 5.10. The topological polar surface area (TPSA) is 58.6 Å². The van der Waals surface area contributed by atoms with Crippen LogP contribution >= 0.6 is 0 Å². The number of ether oxygens (including phenoxy) is 1. The Bertz CT molecular complexity index is 164. The van der Waals surface area contributed by atoms with Crippen molar-refractivity contribution in [2.45, 2.75) is 31.8 Å². The fourth-order valence-corrected chi connectivity index (χ4v) is 1.64. The Kier molecular flexibility index (Phi) is 4.02. The average molecular weight is 187 g/mol. The van der Waals surface area contributed by atoms with Crippen LogP contribution in [0.15, 0.2) is 0 Å². The van der Waals surface area contributed by atoms with E-state index in [4.69, 9.17) is 9.84 Å². The maximum atomic E-state index is 10.8. The fourth-order valence-electron chi connectivity index (χ4n) is 1.64. The van der Waals surface area contributed by atoms with Crippen molar-refractivity contribution in [3.63, 3.8) is 0 Å². The zero-order valence-corrected chi connectivity index (χ0v) is 7.95. The van der Waals surface area contributed by atoms with Gasteiger partial charge in [0.15, 0.2) is 0 Å². The first-order chi connectivity index (χ1) is 6.26. The molecule has 0 aromatic heterocycles. The molecule has 0 aromatic carbocycles. The van der Waals surface area contributed by atoms with Gasteiger partial charge in [0.05, 0.1) is 0 Å². The van der Waals surface area contributed by atoms with Crippen LogP contribution < -0.4 is 5.32 Å². The highest BCUT2D eigenvalue weighted by Gasteiger charge is 2.22. The second-order valence-electron chi connectivity index (χ2n) is 3.48. The summed E-state index contributed by atoms with van der Waals surface area (Å²) in [5.74, 6) is 0.407. The van der Waals surface area contributed by atoms with E-state index >= 15 is 0 Å². The van der Waals surface area contributed by atoms with E-state index in [0.29, 0.717) is 5.92 Å². The molecule has 0 bridgehead atoms. The standard InChI is InChI=1S/C9H17NO3/c1-10-9(12)13-8-4-2-7(6-11)3-5-8/h7-8,11H,2-6H2,1H3,(H,10,12)/t7-,8-. The predicted molar refractivity (Wildman–Crippen MR) is 48.4 cm³/mol. The molecule has 76 valence electrons. The van der Waals surface area contributed by atoms with Crippen LogP contribution in [0.3, 0.4) is 0 Å². The summed E-state index contributed by atoms with van der Waals surface area (Å²) in [6, 6.07) is 0. The van der Waals surface area contributed by atoms with Crippen LogP contribution in [-0.4, -0.2) is 31.0 Å². The van der Waals surface area contributed by atoms with Gasteiger partial charge in [-0.05, 0) is 31.6 Å². The quantitative estimate of drug-likeness (QED) is 0.675. The highest BCUT2D eigenvalue weighted by molar-refractivity contribution is 5.66. The average Bonchev–Trinajstić information content (AvgIpc) is 2.19. The predicted octanol–water partition coefficient (Wildman–Crippen LogP) is 0.893. The summed E-state index contributed by atoms with van der Waals surface area (Å²) in [6.45, 7) is 0.257. The first-order valence-electron chi connectivity index (χ1n) is 4.75. The molecule has 2 N–H and O–H groups in total. The number of hydrogen-bond donors (Lipinski definition) is 2. The van der Waals surface area contributed by atoms with E-state index in [0.717, 1.165) is 25.7 Å². The molecule has 0 saturated heterocycles. The van der Waals surface area contributed by atoms with Crippen molar-refractivity contribution in [1.29, 1.82) is 0 Å². The zero-order valence-electron chi connectivity index (χ0n) is 7.95. The van der Waals surface area contributed by atoms with Crippen molar-refractivity contribution in [3.8, 4) is 0 Å². The molecule has 1 aliphatic carbocycles. The van der Waals surface area contributed by atoms with Gasteiger partial charge in [0.25, 0.3) is 0 Å². The van der Waals surface area contributed by atoms with Gasteiger partial charge in [-0.25, -0.2) is 4.79 Å². The van der Waals surface area contributed by atoms with Crippen molar-refractivity contribution < 1.29 is 14.6 Å². The Balaban J connectivity index is 2.21. The van der Waals surface area contributed by atoms with Crippen LogP contribution in [0, 0.1) is 5.92 Å². The number of carbonyl (C=O) groups excluding carboxylic acids is 1. The Morgan fingerprint density at radius 3 is 2.54 bits per heavy atom. The lowest BCUT2D eigenvalue weighted by molar-refractivity contribution is 0.0558. The number of rotatable bonds is 2. The Labute approximate surface area is 78.3 Å². The van der Waals surface area contributed by atoms with E-state index in [1.54, 1.807) is 7.05 Å². The largest absolute Gasteiger partial charge is 0.446 e. The van der Waals surface area contributed by atoms with Crippen LogP contribution in [0.2, 0.25) is 0 Å². The highest BCUT2D eigenvalue weighted by atomic mass is 16.6. The summed E-state index contributed by atoms with van der Waals surface area (Å²) in [5.41, 5.74) is 0. The minimum Gasteiger partial charge on any atom is -0.446 e. The molecule has 0 radical (unpaired) electrons. The van der Waals surface area contributed by atoms with Gasteiger partial charge in [0.1, 0.15) is 6.10 Å². The van der Waals surface area contributed by atoms with Gasteiger partial charge in [-0.1, -0.05) is 0 Å². The number of hydrogen-bond acceptors (Lipinski definition) is 3. The normalized spacial score (nSPS) is 28.2. The molecular weight excluding hydrogens is 170 g/mol. The lowest BCUT2D eigenvalue weighted by Crippen LogP contribution is -2.29. The Morgan fingerprint density at radius 2 is 2.08 bits per heavy atom. The molecule has 1 aliphatic rings. The molecule has 1 saturated carbocycles. The lowest BCUT2D eigenvalue weighted by atomic mass is 9.88. The highest BCUT2D eigenvalue weighted by Crippen LogP contribution is 2.25. The molecule has 1 amide bonds. The second kappa shape index (κ2) is 5.07. The molecule has 1 fully saturated rings. The van der Waals surface area contributed by atoms with Crippen LogP contribution in [0.1, 0.15) is 25.7 Å². The van der Waals surface area contributed by atoms with E-state index in [2.05, 4.69) is 5.32 Å². The first kappa shape index (κ1) is 10.3. The van der Waals surface area contributed by atoms with E-state index in [9.17, 15) is 4.79 Å². The van der Waals surface area contributed by atoms with Crippen molar-refractivity contribution in [1.82, 2.24) is 5.32 Å². The van der Waals surface area contributed by atoms with Crippen LogP contribution in [0.5, 0.6) is 0 Å². The van der Waals surface area contributed by atoms with E-state index in [-0.39, 0.29) is 18.8 Å². The Hall–Kier alpha value is -0.770. The fraction of sp³-hybridized carbons (Fsp3) is 0.889. The third-order valence-electron chi connectivity index (χ3n) is 2.53. The first-order valence-corrected chi connectivity index (χ1v) is 4.75. The summed E-state index contributed by atoms with van der Waals surface area (Å²) >= 11 is 0. The number of carbonyl (C=O) groups is 1. The summed E-state index contributed by atoms with van der Waals surface area (Å²) in [5, 5.41) is 11.3. The van der Waals surface area contributed by atoms with Gasteiger partial charge in [-0.15, -0.1) is 0 Å². The van der Waals surface area contributed by atoms with Gasteiger partial charge in [-0.2, -0.15) is 0 Å². The maximum absolute atomic E-state index is 10.8. The maximum Gasteiger partial charge on any atom is 0.407 e. The van der Waals surface area contributed by atoms with Crippen molar-refractivity contribution >= 4 is 6.09 Å². The zero-order chi connectivity index (χ0) is 9.68. The molecule has 0 heterocycles. The molecule has 0 unspecified atom stereocenters. The van der Waals surface area contributed by atoms with Gasteiger partial charge in [0.2, 0.25) is 0 Å². The summed E-state index contributed by atoms with van der Waals surface area (Å²) in [7, 11) is 1.56. The molecule has 1 rings (SSSR count). The van der Waals surface area contributed by atoms with Gasteiger partial charge < -0.3 is 15.2 Å². The number of amides is 1. The molecule has 0 aliphatic heterocycles. The molecular formula is C9H17NO3. The monoisotopic (exact) mass is 187 g/mol. The SMILES string of the molecule is CNC(=O)O[C@H]1CC[C@H](CO)CC1. The minimum absolute atomic E-state index is 0.0442. The molecule has 4 nitrogen and oxygen atoms in total. The van der Waals surface area contributed by atoms with Crippen molar-refractivity contribution in [2.75, 3.05) is 13.7 Å². The van der Waals surface area contributed by atoms with E-state index < -0.39 is 0 Å². The minimum atomic E-state index is -0.354. The smallest absolute Gasteiger partial charge is 0.407 e. The van der Waals surface area contributed by atoms with E-state index in [1.165, 1.54) is 0 Å². The number of aliphatic hydroxyl groups excluding tert-OH is 1. The van der Waals surface area contributed by atoms with Crippen molar-refractivity contribution in [3.05, 3.63) is 0 Å². The molecule has 0 atom stereocenters. The molecule has 0 spiro atoms. The van der Waals surface area contributed by atoms with Crippen LogP contribution in [-0.2, 0) is 4.74 Å². The molecule has 0 aromatic rings. The van der Waals surface area contributed by atoms with E-state index in [1.807, 2.05) is 0 Å². The number of nitrogens with one attached hydrogen (secondary N) is 1. The van der Waals surface area contributed by atoms with Crippen molar-refractivity contribution in [2.24, 2.45) is 5.92 Å². The van der Waals surface area contributed by atoms with Gasteiger partial charge in [0, 0.05) is 13.7 Å². The van der Waals surface area contributed by atoms with Crippen LogP contribution in [0.25, 0.3) is 0 Å². The lowest BCUT2D eigenvalue weighted by Gasteiger charge is -2.26. The number of alkyl carbamates (subject to hydrolysis) is 1. The summed E-state index contributed by atoms with van der Waals surface area (Å²) in [6.07, 6.45) is 3.35.